The molecule has 1 aromatic rings. The first-order chi connectivity index (χ1) is 6.86. The largest absolute Gasteiger partial charge is 0.472 e. The molecule has 3 heteroatoms. The summed E-state index contributed by atoms with van der Waals surface area (Å²) in [6.45, 7) is 1.54. The Bertz CT molecular complexity index is 250. The summed E-state index contributed by atoms with van der Waals surface area (Å²) < 4.78 is 10.3. The third-order valence-corrected chi connectivity index (χ3v) is 2.76. The zero-order valence-electron chi connectivity index (χ0n) is 8.19. The molecular weight excluding hydrogens is 180 g/mol. The van der Waals surface area contributed by atoms with Crippen LogP contribution in [0, 0.1) is 5.92 Å². The van der Waals surface area contributed by atoms with E-state index < -0.39 is 0 Å². The third-order valence-electron chi connectivity index (χ3n) is 2.76. The van der Waals surface area contributed by atoms with Gasteiger partial charge in [-0.15, -0.1) is 0 Å². The van der Waals surface area contributed by atoms with E-state index in [1.165, 1.54) is 0 Å². The molecule has 2 heterocycles. The molecule has 2 atom stereocenters. The van der Waals surface area contributed by atoms with Crippen LogP contribution < -0.4 is 0 Å². The van der Waals surface area contributed by atoms with Crippen molar-refractivity contribution >= 4 is 0 Å². The monoisotopic (exact) mass is 196 g/mol. The highest BCUT2D eigenvalue weighted by Gasteiger charge is 2.22. The first-order valence-corrected chi connectivity index (χ1v) is 5.13. The maximum Gasteiger partial charge on any atom is 0.0935 e. The van der Waals surface area contributed by atoms with Crippen LogP contribution in [0.5, 0.6) is 0 Å². The van der Waals surface area contributed by atoms with E-state index >= 15 is 0 Å². The van der Waals surface area contributed by atoms with Crippen molar-refractivity contribution in [2.75, 3.05) is 13.2 Å². The standard InChI is InChI=1S/C11H16O3/c12-11(6-9-3-5-14-7-9)10-2-1-4-13-8-10/h3,5,7,10-12H,1-2,4,6,8H2. The molecule has 14 heavy (non-hydrogen) atoms. The fourth-order valence-electron chi connectivity index (χ4n) is 1.89. The number of hydrogen-bond donors (Lipinski definition) is 1. The number of furan rings is 1. The smallest absolute Gasteiger partial charge is 0.0935 e. The van der Waals surface area contributed by atoms with E-state index in [1.807, 2.05) is 6.07 Å². The van der Waals surface area contributed by atoms with E-state index in [2.05, 4.69) is 0 Å². The van der Waals surface area contributed by atoms with Crippen LogP contribution in [0.25, 0.3) is 0 Å². The first kappa shape index (κ1) is 9.74. The van der Waals surface area contributed by atoms with Crippen LogP contribution in [0.4, 0.5) is 0 Å². The Kier molecular flexibility index (Phi) is 3.22. The summed E-state index contributed by atoms with van der Waals surface area (Å²) in [5, 5.41) is 9.92. The molecular formula is C11H16O3. The predicted molar refractivity (Wildman–Crippen MR) is 52.0 cm³/mol. The maximum atomic E-state index is 9.92. The van der Waals surface area contributed by atoms with E-state index in [-0.39, 0.29) is 6.10 Å². The Hall–Kier alpha value is -0.800. The molecule has 0 radical (unpaired) electrons. The molecule has 1 aliphatic rings. The minimum absolute atomic E-state index is 0.290. The van der Waals surface area contributed by atoms with E-state index in [4.69, 9.17) is 9.15 Å². The normalized spacial score (nSPS) is 24.8. The van der Waals surface area contributed by atoms with Crippen LogP contribution in [0.2, 0.25) is 0 Å². The topological polar surface area (TPSA) is 42.6 Å². The molecule has 1 fully saturated rings. The van der Waals surface area contributed by atoms with Gasteiger partial charge in [0.05, 0.1) is 25.2 Å². The molecule has 0 amide bonds. The van der Waals surface area contributed by atoms with Crippen molar-refractivity contribution in [1.82, 2.24) is 0 Å². The number of rotatable bonds is 3. The number of aliphatic hydroxyl groups excluding tert-OH is 1. The lowest BCUT2D eigenvalue weighted by atomic mass is 9.92. The van der Waals surface area contributed by atoms with Crippen molar-refractivity contribution in [2.45, 2.75) is 25.4 Å². The van der Waals surface area contributed by atoms with Crippen LogP contribution in [-0.2, 0) is 11.2 Å². The number of hydrogen-bond acceptors (Lipinski definition) is 3. The Balaban J connectivity index is 1.85. The Morgan fingerprint density at radius 1 is 1.57 bits per heavy atom. The van der Waals surface area contributed by atoms with Crippen LogP contribution in [0.1, 0.15) is 18.4 Å². The van der Waals surface area contributed by atoms with Gasteiger partial charge in [-0.25, -0.2) is 0 Å². The molecule has 78 valence electrons. The van der Waals surface area contributed by atoms with Gasteiger partial charge in [-0.05, 0) is 24.5 Å². The predicted octanol–water partition coefficient (Wildman–Crippen LogP) is 1.61. The number of aliphatic hydroxyl groups is 1. The van der Waals surface area contributed by atoms with Crippen molar-refractivity contribution in [1.29, 1.82) is 0 Å². The SMILES string of the molecule is OC(Cc1ccoc1)C1CCCOC1. The van der Waals surface area contributed by atoms with Gasteiger partial charge in [-0.3, -0.25) is 0 Å². The second-order valence-electron chi connectivity index (χ2n) is 3.88. The first-order valence-electron chi connectivity index (χ1n) is 5.13. The lowest BCUT2D eigenvalue weighted by molar-refractivity contribution is -0.00851. The molecule has 2 unspecified atom stereocenters. The van der Waals surface area contributed by atoms with E-state index in [9.17, 15) is 5.11 Å². The van der Waals surface area contributed by atoms with Crippen molar-refractivity contribution < 1.29 is 14.3 Å². The van der Waals surface area contributed by atoms with Gasteiger partial charge in [-0.2, -0.15) is 0 Å². The maximum absolute atomic E-state index is 9.92. The van der Waals surface area contributed by atoms with Crippen molar-refractivity contribution in [2.24, 2.45) is 5.92 Å². The van der Waals surface area contributed by atoms with Crippen molar-refractivity contribution in [3.05, 3.63) is 24.2 Å². The summed E-state index contributed by atoms with van der Waals surface area (Å²) in [6, 6.07) is 1.90. The molecule has 0 spiro atoms. The van der Waals surface area contributed by atoms with Gasteiger partial charge in [0.1, 0.15) is 0 Å². The zero-order valence-corrected chi connectivity index (χ0v) is 8.19. The van der Waals surface area contributed by atoms with Gasteiger partial charge in [0.25, 0.3) is 0 Å². The van der Waals surface area contributed by atoms with E-state index in [0.29, 0.717) is 18.9 Å². The molecule has 1 saturated heterocycles. The summed E-state index contributed by atoms with van der Waals surface area (Å²) in [5.74, 6) is 0.290. The second kappa shape index (κ2) is 4.62. The highest BCUT2D eigenvalue weighted by molar-refractivity contribution is 5.07. The van der Waals surface area contributed by atoms with Crippen LogP contribution >= 0.6 is 0 Å². The quantitative estimate of drug-likeness (QED) is 0.798. The highest BCUT2D eigenvalue weighted by Crippen LogP contribution is 2.20. The summed E-state index contributed by atoms with van der Waals surface area (Å²) in [4.78, 5) is 0. The lowest BCUT2D eigenvalue weighted by Crippen LogP contribution is -2.30. The Morgan fingerprint density at radius 2 is 2.50 bits per heavy atom. The van der Waals surface area contributed by atoms with E-state index in [0.717, 1.165) is 25.0 Å². The third kappa shape index (κ3) is 2.36. The number of ether oxygens (including phenoxy) is 1. The Morgan fingerprint density at radius 3 is 3.14 bits per heavy atom. The van der Waals surface area contributed by atoms with Gasteiger partial charge in [0, 0.05) is 18.9 Å². The van der Waals surface area contributed by atoms with Gasteiger partial charge in [0.15, 0.2) is 0 Å². The molecule has 1 aliphatic heterocycles. The summed E-state index contributed by atoms with van der Waals surface area (Å²) in [5.41, 5.74) is 1.06. The molecule has 0 aromatic carbocycles. The van der Waals surface area contributed by atoms with Gasteiger partial charge in [-0.1, -0.05) is 0 Å². The van der Waals surface area contributed by atoms with Crippen molar-refractivity contribution in [3.8, 4) is 0 Å². The minimum atomic E-state index is -0.298. The highest BCUT2D eigenvalue weighted by atomic mass is 16.5. The van der Waals surface area contributed by atoms with E-state index in [1.54, 1.807) is 12.5 Å². The lowest BCUT2D eigenvalue weighted by Gasteiger charge is -2.26. The Labute approximate surface area is 83.7 Å². The van der Waals surface area contributed by atoms with Gasteiger partial charge < -0.3 is 14.3 Å². The summed E-state index contributed by atoms with van der Waals surface area (Å²) >= 11 is 0. The van der Waals surface area contributed by atoms with Gasteiger partial charge in [0.2, 0.25) is 0 Å². The fourth-order valence-corrected chi connectivity index (χ4v) is 1.89. The van der Waals surface area contributed by atoms with Gasteiger partial charge >= 0.3 is 0 Å². The second-order valence-corrected chi connectivity index (χ2v) is 3.88. The summed E-state index contributed by atoms with van der Waals surface area (Å²) in [6.07, 6.45) is 5.83. The van der Waals surface area contributed by atoms with Crippen molar-refractivity contribution in [3.63, 3.8) is 0 Å². The average molecular weight is 196 g/mol. The molecule has 0 aliphatic carbocycles. The average Bonchev–Trinajstić information content (AvgIpc) is 2.72. The molecule has 0 saturated carbocycles. The fraction of sp³-hybridized carbons (Fsp3) is 0.636. The zero-order chi connectivity index (χ0) is 9.80. The van der Waals surface area contributed by atoms with Crippen LogP contribution in [-0.4, -0.2) is 24.4 Å². The molecule has 0 bridgehead atoms. The molecule has 2 rings (SSSR count). The molecule has 1 aromatic heterocycles. The van der Waals surface area contributed by atoms with Crippen LogP contribution in [0.15, 0.2) is 23.0 Å². The molecule has 1 N–H and O–H groups in total. The molecule has 3 nitrogen and oxygen atoms in total. The minimum Gasteiger partial charge on any atom is -0.472 e. The van der Waals surface area contributed by atoms with Crippen LogP contribution in [0.3, 0.4) is 0 Å². The summed E-state index contributed by atoms with van der Waals surface area (Å²) in [7, 11) is 0.